The van der Waals surface area contributed by atoms with Gasteiger partial charge in [-0.05, 0) is 24.7 Å². The molecule has 5 aliphatic rings. The summed E-state index contributed by atoms with van der Waals surface area (Å²) in [6.07, 6.45) is 1.87. The molecule has 5 rings (SSSR count). The van der Waals surface area contributed by atoms with Crippen LogP contribution in [0.5, 0.6) is 0 Å². The van der Waals surface area contributed by atoms with E-state index < -0.39 is 0 Å². The van der Waals surface area contributed by atoms with Gasteiger partial charge in [0.25, 0.3) is 0 Å². The number of cyclic esters (lactones) is 1. The summed E-state index contributed by atoms with van der Waals surface area (Å²) in [7, 11) is 0. The van der Waals surface area contributed by atoms with Gasteiger partial charge in [0.1, 0.15) is 12.4 Å². The van der Waals surface area contributed by atoms with Crippen LogP contribution in [0, 0.1) is 29.1 Å². The van der Waals surface area contributed by atoms with Crippen molar-refractivity contribution in [2.45, 2.75) is 12.8 Å². The highest BCUT2D eigenvalue weighted by Crippen LogP contribution is 2.72. The SMILES string of the molecule is O=C1OCC23CC4C(CC12)C4C3=O. The Morgan fingerprint density at radius 2 is 2.15 bits per heavy atom. The predicted octanol–water partition coefficient (Wildman–Crippen LogP) is 0.385. The minimum Gasteiger partial charge on any atom is -0.464 e. The molecule has 5 atom stereocenters. The van der Waals surface area contributed by atoms with Gasteiger partial charge in [-0.3, -0.25) is 9.59 Å². The first-order valence-electron chi connectivity index (χ1n) is 4.95. The second-order valence-electron chi connectivity index (χ2n) is 4.97. The maximum atomic E-state index is 11.9. The van der Waals surface area contributed by atoms with Crippen LogP contribution in [0.3, 0.4) is 0 Å². The summed E-state index contributed by atoms with van der Waals surface area (Å²) in [6.45, 7) is 0.384. The number of hydrogen-bond acceptors (Lipinski definition) is 3. The molecule has 3 heteroatoms. The highest BCUT2D eigenvalue weighted by atomic mass is 16.5. The van der Waals surface area contributed by atoms with Crippen LogP contribution in [-0.4, -0.2) is 18.4 Å². The van der Waals surface area contributed by atoms with E-state index in [9.17, 15) is 9.59 Å². The zero-order valence-corrected chi connectivity index (χ0v) is 7.16. The lowest BCUT2D eigenvalue weighted by Gasteiger charge is -2.33. The largest absolute Gasteiger partial charge is 0.464 e. The Balaban J connectivity index is 1.90. The molecule has 1 spiro atoms. The summed E-state index contributed by atoms with van der Waals surface area (Å²) < 4.78 is 5.04. The molecule has 0 amide bonds. The van der Waals surface area contributed by atoms with Crippen LogP contribution in [0.2, 0.25) is 0 Å². The Bertz CT molecular complexity index is 348. The Labute approximate surface area is 75.4 Å². The van der Waals surface area contributed by atoms with Crippen molar-refractivity contribution in [3.8, 4) is 0 Å². The minimum atomic E-state index is -0.346. The van der Waals surface area contributed by atoms with Gasteiger partial charge in [-0.2, -0.15) is 0 Å². The number of carbonyl (C=O) groups is 2. The van der Waals surface area contributed by atoms with E-state index in [4.69, 9.17) is 4.74 Å². The summed E-state index contributed by atoms with van der Waals surface area (Å²) in [5.41, 5.74) is -0.346. The Hall–Kier alpha value is -0.860. The van der Waals surface area contributed by atoms with Gasteiger partial charge in [0.15, 0.2) is 0 Å². The molecular weight excluding hydrogens is 168 g/mol. The van der Waals surface area contributed by atoms with E-state index in [1.165, 1.54) is 0 Å². The van der Waals surface area contributed by atoms with E-state index in [2.05, 4.69) is 0 Å². The number of carbonyl (C=O) groups excluding carboxylic acids is 2. The van der Waals surface area contributed by atoms with Crippen LogP contribution in [0.1, 0.15) is 12.8 Å². The fourth-order valence-corrected chi connectivity index (χ4v) is 3.95. The van der Waals surface area contributed by atoms with Crippen molar-refractivity contribution in [1.29, 1.82) is 0 Å². The molecule has 0 N–H and O–H groups in total. The molecule has 3 nitrogen and oxygen atoms in total. The monoisotopic (exact) mass is 178 g/mol. The van der Waals surface area contributed by atoms with Gasteiger partial charge < -0.3 is 4.74 Å². The van der Waals surface area contributed by atoms with Crippen LogP contribution >= 0.6 is 0 Å². The molecule has 4 bridgehead atoms. The normalized spacial score (nSPS) is 60.6. The van der Waals surface area contributed by atoms with E-state index >= 15 is 0 Å². The van der Waals surface area contributed by atoms with E-state index in [1.807, 2.05) is 0 Å². The zero-order chi connectivity index (χ0) is 8.79. The number of ketones is 1. The number of hydrogen-bond donors (Lipinski definition) is 0. The van der Waals surface area contributed by atoms with Crippen molar-refractivity contribution in [3.63, 3.8) is 0 Å². The third-order valence-corrected chi connectivity index (χ3v) is 4.66. The van der Waals surface area contributed by atoms with Crippen LogP contribution in [0.25, 0.3) is 0 Å². The summed E-state index contributed by atoms with van der Waals surface area (Å²) in [5, 5.41) is 0. The Morgan fingerprint density at radius 1 is 1.31 bits per heavy atom. The van der Waals surface area contributed by atoms with Gasteiger partial charge >= 0.3 is 5.97 Å². The summed E-state index contributed by atoms with van der Waals surface area (Å²) in [6, 6.07) is 0. The Morgan fingerprint density at radius 3 is 2.85 bits per heavy atom. The molecule has 0 aromatic heterocycles. The molecular formula is C10H10O3. The fraction of sp³-hybridized carbons (Fsp3) is 0.800. The molecule has 0 aromatic carbocycles. The van der Waals surface area contributed by atoms with E-state index in [0.717, 1.165) is 12.8 Å². The van der Waals surface area contributed by atoms with E-state index in [0.29, 0.717) is 30.1 Å². The number of esters is 1. The van der Waals surface area contributed by atoms with Gasteiger partial charge in [-0.1, -0.05) is 0 Å². The predicted molar refractivity (Wildman–Crippen MR) is 41.6 cm³/mol. The van der Waals surface area contributed by atoms with Gasteiger partial charge in [-0.25, -0.2) is 0 Å². The summed E-state index contributed by atoms with van der Waals surface area (Å²) in [4.78, 5) is 23.3. The smallest absolute Gasteiger partial charge is 0.310 e. The maximum absolute atomic E-state index is 11.9. The first-order valence-corrected chi connectivity index (χ1v) is 4.95. The van der Waals surface area contributed by atoms with Gasteiger partial charge in [0.2, 0.25) is 0 Å². The third-order valence-electron chi connectivity index (χ3n) is 4.66. The standard InChI is InChI=1S/C10H10O3/c11-8-7-4-1-6-9(12)13-3-10(6,8)2-5(4)7/h4-7H,1-3H2. The van der Waals surface area contributed by atoms with Crippen LogP contribution in [0.15, 0.2) is 0 Å². The lowest BCUT2D eigenvalue weighted by Crippen LogP contribution is -2.42. The van der Waals surface area contributed by atoms with Gasteiger partial charge in [0, 0.05) is 5.92 Å². The third kappa shape index (κ3) is 0.478. The van der Waals surface area contributed by atoms with Crippen molar-refractivity contribution < 1.29 is 14.3 Å². The molecule has 0 aromatic rings. The van der Waals surface area contributed by atoms with Crippen molar-refractivity contribution in [2.24, 2.45) is 29.1 Å². The van der Waals surface area contributed by atoms with Crippen molar-refractivity contribution in [1.82, 2.24) is 0 Å². The van der Waals surface area contributed by atoms with Crippen molar-refractivity contribution in [2.75, 3.05) is 6.61 Å². The average molecular weight is 178 g/mol. The Kier molecular flexibility index (Phi) is 0.786. The quantitative estimate of drug-likeness (QED) is 0.504. The summed E-state index contributed by atoms with van der Waals surface area (Å²) in [5.74, 6) is 1.66. The molecule has 1 saturated heterocycles. The minimum absolute atomic E-state index is 0.0694. The highest BCUT2D eigenvalue weighted by molar-refractivity contribution is 6.00. The molecule has 1 heterocycles. The van der Waals surface area contributed by atoms with Crippen molar-refractivity contribution in [3.05, 3.63) is 0 Å². The summed E-state index contributed by atoms with van der Waals surface area (Å²) >= 11 is 0. The second-order valence-corrected chi connectivity index (χ2v) is 4.97. The van der Waals surface area contributed by atoms with E-state index in [-0.39, 0.29) is 17.3 Å². The molecule has 1 aliphatic heterocycles. The molecule has 4 saturated carbocycles. The van der Waals surface area contributed by atoms with E-state index in [1.54, 1.807) is 0 Å². The first kappa shape index (κ1) is 6.57. The highest BCUT2D eigenvalue weighted by Gasteiger charge is 2.77. The average Bonchev–Trinajstić information content (AvgIpc) is 2.63. The van der Waals surface area contributed by atoms with Gasteiger partial charge in [0.05, 0.1) is 11.3 Å². The molecule has 4 aliphatic carbocycles. The van der Waals surface area contributed by atoms with Crippen LogP contribution < -0.4 is 0 Å². The van der Waals surface area contributed by atoms with Crippen molar-refractivity contribution >= 4 is 11.8 Å². The molecule has 5 unspecified atom stereocenters. The van der Waals surface area contributed by atoms with Gasteiger partial charge in [-0.15, -0.1) is 0 Å². The first-order chi connectivity index (χ1) is 6.24. The fourth-order valence-electron chi connectivity index (χ4n) is 3.95. The maximum Gasteiger partial charge on any atom is 0.310 e. The number of ether oxygens (including phenoxy) is 1. The van der Waals surface area contributed by atoms with Crippen LogP contribution in [-0.2, 0) is 14.3 Å². The van der Waals surface area contributed by atoms with Crippen LogP contribution in [0.4, 0.5) is 0 Å². The number of Topliss-reactive ketones (excluding diaryl/α,β-unsaturated/α-hetero) is 1. The number of rotatable bonds is 0. The molecule has 68 valence electrons. The lowest BCUT2D eigenvalue weighted by atomic mass is 9.65. The molecule has 13 heavy (non-hydrogen) atoms. The molecule has 5 fully saturated rings. The molecule has 0 radical (unpaired) electrons. The second kappa shape index (κ2) is 1.56. The zero-order valence-electron chi connectivity index (χ0n) is 7.16. The lowest BCUT2D eigenvalue weighted by molar-refractivity contribution is -0.143. The topological polar surface area (TPSA) is 43.4 Å².